The van der Waals surface area contributed by atoms with Crippen LogP contribution >= 0.6 is 0 Å². The summed E-state index contributed by atoms with van der Waals surface area (Å²) in [6.45, 7) is 3.24. The van der Waals surface area contributed by atoms with E-state index in [9.17, 15) is 4.79 Å². The lowest BCUT2D eigenvalue weighted by molar-refractivity contribution is -0.188. The molecule has 0 saturated carbocycles. The maximum atomic E-state index is 11.0. The highest BCUT2D eigenvalue weighted by Crippen LogP contribution is 2.25. The van der Waals surface area contributed by atoms with Gasteiger partial charge in [0, 0.05) is 41.8 Å². The molecule has 4 aromatic rings. The van der Waals surface area contributed by atoms with Crippen molar-refractivity contribution < 1.29 is 23.9 Å². The van der Waals surface area contributed by atoms with Gasteiger partial charge in [-0.3, -0.25) is 0 Å². The molecule has 1 aliphatic rings. The molecule has 1 saturated heterocycles. The van der Waals surface area contributed by atoms with Crippen LogP contribution in [-0.2, 0) is 16.0 Å². The molecular weight excluding hydrogens is 470 g/mol. The quantitative estimate of drug-likeness (QED) is 0.346. The minimum atomic E-state index is -0.954. The SMILES string of the molecule is C[C@H](OC1CCCCO1)c1nccn1Cc1cc(-c2ccc(C#Cc3ccc(C(=O)O)cc3)cc2)on1. The third-order valence-corrected chi connectivity index (χ3v) is 6.15. The van der Waals surface area contributed by atoms with Gasteiger partial charge >= 0.3 is 5.97 Å². The Morgan fingerprint density at radius 3 is 2.54 bits per heavy atom. The smallest absolute Gasteiger partial charge is 0.335 e. The summed E-state index contributed by atoms with van der Waals surface area (Å²) in [5.41, 5.74) is 3.50. The van der Waals surface area contributed by atoms with Crippen LogP contribution in [-0.4, -0.2) is 38.7 Å². The van der Waals surface area contributed by atoms with E-state index in [4.69, 9.17) is 19.1 Å². The third kappa shape index (κ3) is 6.15. The maximum Gasteiger partial charge on any atom is 0.335 e. The molecule has 0 amide bonds. The second-order valence-electron chi connectivity index (χ2n) is 8.88. The van der Waals surface area contributed by atoms with Gasteiger partial charge in [0.2, 0.25) is 0 Å². The van der Waals surface area contributed by atoms with E-state index in [-0.39, 0.29) is 18.0 Å². The molecule has 2 aromatic carbocycles. The molecule has 37 heavy (non-hydrogen) atoms. The maximum absolute atomic E-state index is 11.0. The van der Waals surface area contributed by atoms with Gasteiger partial charge in [0.15, 0.2) is 12.1 Å². The van der Waals surface area contributed by atoms with E-state index in [0.29, 0.717) is 12.3 Å². The summed E-state index contributed by atoms with van der Waals surface area (Å²) < 4.78 is 19.4. The van der Waals surface area contributed by atoms with Crippen LogP contribution in [0.1, 0.15) is 65.3 Å². The second kappa shape index (κ2) is 11.2. The van der Waals surface area contributed by atoms with E-state index in [1.165, 1.54) is 0 Å². The second-order valence-corrected chi connectivity index (χ2v) is 8.88. The molecule has 8 nitrogen and oxygen atoms in total. The van der Waals surface area contributed by atoms with Crippen LogP contribution in [0, 0.1) is 11.8 Å². The molecule has 0 bridgehead atoms. The minimum Gasteiger partial charge on any atom is -0.478 e. The van der Waals surface area contributed by atoms with E-state index < -0.39 is 5.97 Å². The highest BCUT2D eigenvalue weighted by molar-refractivity contribution is 5.87. The lowest BCUT2D eigenvalue weighted by Crippen LogP contribution is -2.24. The molecule has 8 heteroatoms. The van der Waals surface area contributed by atoms with Gasteiger partial charge in [-0.05, 0) is 74.7 Å². The minimum absolute atomic E-state index is 0.183. The lowest BCUT2D eigenvalue weighted by atomic mass is 10.1. The summed E-state index contributed by atoms with van der Waals surface area (Å²) in [5, 5.41) is 13.2. The summed E-state index contributed by atoms with van der Waals surface area (Å²) in [6.07, 6.45) is 6.39. The summed E-state index contributed by atoms with van der Waals surface area (Å²) in [4.78, 5) is 15.5. The van der Waals surface area contributed by atoms with Crippen molar-refractivity contribution in [1.82, 2.24) is 14.7 Å². The van der Waals surface area contributed by atoms with E-state index in [0.717, 1.165) is 54.1 Å². The van der Waals surface area contributed by atoms with Gasteiger partial charge in [-0.25, -0.2) is 9.78 Å². The highest BCUT2D eigenvalue weighted by atomic mass is 16.7. The lowest BCUT2D eigenvalue weighted by Gasteiger charge is -2.26. The fraction of sp³-hybridized carbons (Fsp3) is 0.276. The van der Waals surface area contributed by atoms with Crippen molar-refractivity contribution in [3.63, 3.8) is 0 Å². The van der Waals surface area contributed by atoms with E-state index in [2.05, 4.69) is 22.0 Å². The van der Waals surface area contributed by atoms with Gasteiger partial charge in [0.1, 0.15) is 17.6 Å². The molecule has 188 valence electrons. The molecular formula is C29H27N3O5. The standard InChI is InChI=1S/C29H27N3O5/c1-20(36-27-4-2-3-17-35-27)28-30-15-16-32(28)19-25-18-26(37-31-25)23-11-7-21(8-12-23)5-6-22-9-13-24(14-10-22)29(33)34/h7-16,18,20,27H,2-4,17,19H2,1H3,(H,33,34)/t20-,27?/m0/s1. The van der Waals surface area contributed by atoms with Crippen molar-refractivity contribution in [2.45, 2.75) is 45.1 Å². The van der Waals surface area contributed by atoms with E-state index in [1.807, 2.05) is 48.0 Å². The third-order valence-electron chi connectivity index (χ3n) is 6.15. The van der Waals surface area contributed by atoms with Gasteiger partial charge in [0.25, 0.3) is 0 Å². The number of aromatic nitrogens is 3. The molecule has 1 fully saturated rings. The first-order valence-corrected chi connectivity index (χ1v) is 12.2. The molecule has 2 atom stereocenters. The molecule has 3 heterocycles. The predicted molar refractivity (Wildman–Crippen MR) is 136 cm³/mol. The average molecular weight is 498 g/mol. The zero-order valence-electron chi connectivity index (χ0n) is 20.5. The van der Waals surface area contributed by atoms with Gasteiger partial charge in [0.05, 0.1) is 12.1 Å². The zero-order chi connectivity index (χ0) is 25.6. The van der Waals surface area contributed by atoms with E-state index >= 15 is 0 Å². The summed E-state index contributed by atoms with van der Waals surface area (Å²) in [6, 6.07) is 16.1. The van der Waals surface area contributed by atoms with Gasteiger partial charge in [-0.2, -0.15) is 0 Å². The Labute approximate surface area is 214 Å². The van der Waals surface area contributed by atoms with Crippen molar-refractivity contribution >= 4 is 5.97 Å². The highest BCUT2D eigenvalue weighted by Gasteiger charge is 2.21. The number of ether oxygens (including phenoxy) is 2. The number of hydrogen-bond donors (Lipinski definition) is 1. The number of carboxylic acids is 1. The summed E-state index contributed by atoms with van der Waals surface area (Å²) >= 11 is 0. The first-order chi connectivity index (χ1) is 18.0. The van der Waals surface area contributed by atoms with Crippen molar-refractivity contribution in [3.8, 4) is 23.2 Å². The van der Waals surface area contributed by atoms with Crippen LogP contribution in [0.25, 0.3) is 11.3 Å². The van der Waals surface area contributed by atoms with Crippen LogP contribution in [0.3, 0.4) is 0 Å². The molecule has 1 N–H and O–H groups in total. The van der Waals surface area contributed by atoms with Gasteiger partial charge < -0.3 is 23.7 Å². The molecule has 0 aliphatic carbocycles. The fourth-order valence-electron chi connectivity index (χ4n) is 4.18. The molecule has 1 unspecified atom stereocenters. The number of hydrogen-bond acceptors (Lipinski definition) is 6. The first-order valence-electron chi connectivity index (χ1n) is 12.2. The topological polar surface area (TPSA) is 99.6 Å². The zero-order valence-corrected chi connectivity index (χ0v) is 20.5. The van der Waals surface area contributed by atoms with Crippen molar-refractivity contribution in [2.75, 3.05) is 6.61 Å². The molecule has 2 aromatic heterocycles. The normalized spacial score (nSPS) is 16.1. The Balaban J connectivity index is 1.22. The van der Waals surface area contributed by atoms with E-state index in [1.54, 1.807) is 30.5 Å². The number of benzene rings is 2. The number of imidazole rings is 1. The van der Waals surface area contributed by atoms with Crippen LogP contribution in [0.15, 0.2) is 71.5 Å². The van der Waals surface area contributed by atoms with Gasteiger partial charge in [-0.15, -0.1) is 0 Å². The Hall–Kier alpha value is -4.19. The van der Waals surface area contributed by atoms with Crippen LogP contribution < -0.4 is 0 Å². The summed E-state index contributed by atoms with van der Waals surface area (Å²) in [5.74, 6) is 6.68. The van der Waals surface area contributed by atoms with Crippen molar-refractivity contribution in [1.29, 1.82) is 0 Å². The molecule has 0 spiro atoms. The van der Waals surface area contributed by atoms with Gasteiger partial charge in [-0.1, -0.05) is 17.0 Å². The molecule has 5 rings (SSSR count). The first kappa shape index (κ1) is 24.5. The Morgan fingerprint density at radius 1 is 1.14 bits per heavy atom. The monoisotopic (exact) mass is 497 g/mol. The Morgan fingerprint density at radius 2 is 1.86 bits per heavy atom. The Kier molecular flexibility index (Phi) is 7.45. The predicted octanol–water partition coefficient (Wildman–Crippen LogP) is 5.29. The number of aromatic carboxylic acids is 1. The van der Waals surface area contributed by atoms with Crippen LogP contribution in [0.2, 0.25) is 0 Å². The Bertz CT molecular complexity index is 1400. The average Bonchev–Trinajstić information content (AvgIpc) is 3.59. The van der Waals surface area contributed by atoms with Crippen molar-refractivity contribution in [3.05, 3.63) is 95.2 Å². The number of rotatable bonds is 7. The van der Waals surface area contributed by atoms with Crippen molar-refractivity contribution in [2.24, 2.45) is 0 Å². The van der Waals surface area contributed by atoms with Crippen LogP contribution in [0.5, 0.6) is 0 Å². The van der Waals surface area contributed by atoms with Crippen LogP contribution in [0.4, 0.5) is 0 Å². The number of carbonyl (C=O) groups is 1. The summed E-state index contributed by atoms with van der Waals surface area (Å²) in [7, 11) is 0. The molecule has 0 radical (unpaired) electrons. The fourth-order valence-corrected chi connectivity index (χ4v) is 4.18. The largest absolute Gasteiger partial charge is 0.478 e. The molecule has 1 aliphatic heterocycles. The number of carboxylic acid groups (broad SMARTS) is 1. The number of nitrogens with zero attached hydrogens (tertiary/aromatic N) is 3.